The van der Waals surface area contributed by atoms with Crippen LogP contribution in [0.4, 0.5) is 5.69 Å². The molecule has 6 N–H and O–H groups in total. The fourth-order valence-electron chi connectivity index (χ4n) is 12.9. The lowest BCUT2D eigenvalue weighted by atomic mass is 9.70. The molecule has 4 aromatic rings. The lowest BCUT2D eigenvalue weighted by Gasteiger charge is -2.50. The molecular weight excluding hydrogens is 1150 g/mol. The average molecular weight is 1250 g/mol. The van der Waals surface area contributed by atoms with Gasteiger partial charge in [0.1, 0.15) is 23.4 Å². The van der Waals surface area contributed by atoms with E-state index in [2.05, 4.69) is 38.7 Å². The predicted octanol–water partition coefficient (Wildman–Crippen LogP) is 9.51. The Morgan fingerprint density at radius 1 is 0.865 bits per heavy atom. The van der Waals surface area contributed by atoms with Gasteiger partial charge in [-0.15, -0.1) is 0 Å². The van der Waals surface area contributed by atoms with Crippen LogP contribution in [0.15, 0.2) is 132 Å². The summed E-state index contributed by atoms with van der Waals surface area (Å²) in [5, 5.41) is 34.6. The third kappa shape index (κ3) is 19.1. The highest BCUT2D eigenvalue weighted by molar-refractivity contribution is 6.31. The van der Waals surface area contributed by atoms with Crippen LogP contribution in [-0.2, 0) is 38.9 Å². The van der Waals surface area contributed by atoms with Crippen molar-refractivity contribution in [2.75, 3.05) is 75.3 Å². The number of likely N-dealkylation sites (N-methyl/N-ethyl adjacent to an activating group) is 1. The van der Waals surface area contributed by atoms with Crippen molar-refractivity contribution < 1.29 is 58.2 Å². The van der Waals surface area contributed by atoms with Crippen LogP contribution in [0.25, 0.3) is 0 Å². The second-order valence-corrected chi connectivity index (χ2v) is 25.4. The molecule has 19 heteroatoms. The van der Waals surface area contributed by atoms with Crippen LogP contribution in [0.1, 0.15) is 132 Å². The summed E-state index contributed by atoms with van der Waals surface area (Å²) in [5.74, 6) is -0.421. The van der Waals surface area contributed by atoms with E-state index >= 15 is 0 Å². The van der Waals surface area contributed by atoms with Gasteiger partial charge < -0.3 is 59.9 Å². The first-order valence-electron chi connectivity index (χ1n) is 31.1. The molecule has 10 rings (SSSR count). The molecule has 4 fully saturated rings. The number of nitrogens with two attached hydrogens (primary N) is 1. The SMILES string of the molecule is CC(N)[C@@H](O)c1ccccc1.CC(NC(C)(C)C)C(=O)c1cccc(Cl)c1.CC[C@@H]1CN2CC[C@@]3(O)C(=Nc4cccc(OC)c43)[C@@H]2C[C@@H]1/C(=C\OC)C(=O)OC.CN1[C@@H]2CC[C@H]1CC(OC(=O)C(CO)c1ccccc1)C2.COC(=O)C1=CCCN(C)C1. The number of aliphatic hydroxyl groups is 3. The molecule has 4 saturated heterocycles. The number of ether oxygens (including phenoxy) is 5. The second-order valence-electron chi connectivity index (χ2n) is 25.0. The van der Waals surface area contributed by atoms with E-state index in [1.807, 2.05) is 120 Å². The zero-order valence-electron chi connectivity index (χ0n) is 54.2. The smallest absolute Gasteiger partial charge is 0.337 e. The van der Waals surface area contributed by atoms with Crippen molar-refractivity contribution >= 4 is 46.7 Å². The van der Waals surface area contributed by atoms with Gasteiger partial charge in [-0.2, -0.15) is 0 Å². The number of hydrogen-bond donors (Lipinski definition) is 5. The Morgan fingerprint density at radius 2 is 1.51 bits per heavy atom. The number of methoxy groups -OCH3 is 4. The maximum atomic E-state index is 12.5. The van der Waals surface area contributed by atoms with E-state index in [-0.39, 0.29) is 66.0 Å². The van der Waals surface area contributed by atoms with Crippen LogP contribution in [0, 0.1) is 11.8 Å². The van der Waals surface area contributed by atoms with Crippen LogP contribution in [0.2, 0.25) is 5.02 Å². The van der Waals surface area contributed by atoms with Crippen molar-refractivity contribution in [1.29, 1.82) is 0 Å². The van der Waals surface area contributed by atoms with Gasteiger partial charge in [-0.25, -0.2) is 9.59 Å². The number of carbonyl (C=O) groups excluding carboxylic acids is 4. The van der Waals surface area contributed by atoms with Crippen molar-refractivity contribution in [2.45, 2.75) is 152 Å². The van der Waals surface area contributed by atoms with Gasteiger partial charge in [-0.1, -0.05) is 110 Å². The number of piperidine rings is 3. The number of fused-ring (bicyclic) bond motifs is 7. The molecule has 0 amide bonds. The van der Waals surface area contributed by atoms with E-state index in [1.54, 1.807) is 45.4 Å². The summed E-state index contributed by atoms with van der Waals surface area (Å²) in [6.07, 6.45) is 10.3. The minimum Gasteiger partial charge on any atom is -0.504 e. The molecule has 0 radical (unpaired) electrons. The minimum atomic E-state index is -1.14. The minimum absolute atomic E-state index is 0.00367. The van der Waals surface area contributed by atoms with Crippen LogP contribution < -0.4 is 15.8 Å². The number of aliphatic imine (C=N–C) groups is 1. The zero-order valence-corrected chi connectivity index (χ0v) is 55.0. The number of Topliss-reactive ketones (excluding diaryl/α,β-unsaturated/α-hetero) is 1. The molecule has 6 heterocycles. The van der Waals surface area contributed by atoms with Crippen LogP contribution in [0.5, 0.6) is 5.75 Å². The largest absolute Gasteiger partial charge is 0.504 e. The van der Waals surface area contributed by atoms with Gasteiger partial charge in [0.15, 0.2) is 5.78 Å². The highest BCUT2D eigenvalue weighted by Gasteiger charge is 2.54. The number of benzene rings is 4. The number of esters is 3. The molecule has 486 valence electrons. The van der Waals surface area contributed by atoms with Gasteiger partial charge in [0.2, 0.25) is 0 Å². The molecule has 18 nitrogen and oxygen atoms in total. The number of aliphatic hydroxyl groups excluding tert-OH is 2. The fraction of sp³-hybridized carbons (Fsp3) is 0.529. The number of ketones is 1. The standard InChI is InChI=1S/C23H30N2O5.C17H23NO3.C13H18ClNO.C9H13NO.C8H13NO2/c1-5-14-12-25-10-9-23(27)20-17(7-6-8-19(20)29-3)24-21(23)18(25)11-15(14)16(13-28-2)22(26)30-4;1-18-13-7-8-14(18)10-15(9-13)21-17(20)16(11-19)12-5-3-2-4-6-12;1-9(15-13(2,3)4)12(16)10-6-5-7-11(14)8-10;1-7(10)9(11)8-5-3-2-4-6-8;1-9-5-3-4-7(6-9)8(10)11-2/h6-8,13-15,18,27H,5,9-12H2,1-4H3;2-6,13-16,19H,7-11H2,1H3;5-9,15H,1-4H3;2-7,9,11H,10H2,1H3;4H,3,5-6H2,1-2H3/b16-13+;;;;/t14-,15+,18+,23+;13-,14+,15?,16?;;7?,9-;/m1..1./s1. The quantitative estimate of drug-likeness (QED) is 0.0245. The Kier molecular flexibility index (Phi) is 27.1. The van der Waals surface area contributed by atoms with Gasteiger partial charge in [0.25, 0.3) is 0 Å². The van der Waals surface area contributed by atoms with Gasteiger partial charge in [0.05, 0.1) is 82.0 Å². The third-order valence-electron chi connectivity index (χ3n) is 17.5. The molecule has 89 heavy (non-hydrogen) atoms. The zero-order chi connectivity index (χ0) is 65.2. The van der Waals surface area contributed by atoms with E-state index in [1.165, 1.54) is 33.3 Å². The highest BCUT2D eigenvalue weighted by atomic mass is 35.5. The summed E-state index contributed by atoms with van der Waals surface area (Å²) < 4.78 is 26.1. The van der Waals surface area contributed by atoms with E-state index in [0.717, 1.165) is 79.0 Å². The normalized spacial score (nSPS) is 24.2. The molecule has 0 aromatic heterocycles. The highest BCUT2D eigenvalue weighted by Crippen LogP contribution is 2.52. The third-order valence-corrected chi connectivity index (χ3v) is 17.7. The summed E-state index contributed by atoms with van der Waals surface area (Å²) in [7, 11) is 10.1. The Bertz CT molecular complexity index is 3030. The molecule has 2 bridgehead atoms. The summed E-state index contributed by atoms with van der Waals surface area (Å²) in [6.45, 7) is 15.1. The number of carbonyl (C=O) groups is 4. The number of nitrogens with zero attached hydrogens (tertiary/aromatic N) is 4. The van der Waals surface area contributed by atoms with Crippen molar-refractivity contribution in [3.63, 3.8) is 0 Å². The van der Waals surface area contributed by atoms with Gasteiger partial charge in [0, 0.05) is 66.0 Å². The second kappa shape index (κ2) is 33.7. The number of nitrogens with one attached hydrogen (secondary N) is 1. The Labute approximate surface area is 532 Å². The fourth-order valence-corrected chi connectivity index (χ4v) is 13.1. The molecule has 6 aliphatic heterocycles. The van der Waals surface area contributed by atoms with E-state index < -0.39 is 17.6 Å². The summed E-state index contributed by atoms with van der Waals surface area (Å²) >= 11 is 5.85. The first-order valence-corrected chi connectivity index (χ1v) is 31.4. The summed E-state index contributed by atoms with van der Waals surface area (Å²) in [6, 6.07) is 32.2. The maximum absolute atomic E-state index is 12.5. The first-order chi connectivity index (χ1) is 42.4. The molecule has 0 spiro atoms. The van der Waals surface area contributed by atoms with Crippen molar-refractivity contribution in [3.05, 3.63) is 154 Å². The lowest BCUT2D eigenvalue weighted by molar-refractivity contribution is -0.155. The monoisotopic (exact) mass is 1250 g/mol. The van der Waals surface area contributed by atoms with Crippen molar-refractivity contribution in [2.24, 2.45) is 22.6 Å². The summed E-state index contributed by atoms with van der Waals surface area (Å²) in [4.78, 5) is 59.7. The molecule has 11 atom stereocenters. The lowest BCUT2D eigenvalue weighted by Crippen LogP contribution is -2.60. The predicted molar refractivity (Wildman–Crippen MR) is 348 cm³/mol. The molecule has 0 aliphatic carbocycles. The Hall–Kier alpha value is -6.32. The molecule has 6 aliphatic rings. The van der Waals surface area contributed by atoms with Crippen LogP contribution >= 0.6 is 11.6 Å². The topological polar surface area (TPSA) is 235 Å². The van der Waals surface area contributed by atoms with Crippen LogP contribution in [0.3, 0.4) is 0 Å². The van der Waals surface area contributed by atoms with Gasteiger partial charge in [-0.05, 0) is 141 Å². The number of hydrogen-bond acceptors (Lipinski definition) is 18. The van der Waals surface area contributed by atoms with Crippen molar-refractivity contribution in [1.82, 2.24) is 20.0 Å². The van der Waals surface area contributed by atoms with Gasteiger partial charge in [-0.3, -0.25) is 19.5 Å². The van der Waals surface area contributed by atoms with Crippen molar-refractivity contribution in [3.8, 4) is 5.75 Å². The molecule has 4 aromatic carbocycles. The summed E-state index contributed by atoms with van der Waals surface area (Å²) in [5.41, 5.74) is 10.3. The average Bonchev–Trinajstić information content (AvgIpc) is 1.63. The Morgan fingerprint density at radius 3 is 2.06 bits per heavy atom. The Balaban J connectivity index is 0.000000188. The van der Waals surface area contributed by atoms with E-state index in [4.69, 9.17) is 41.3 Å². The van der Waals surface area contributed by atoms with E-state index in [9.17, 15) is 34.5 Å². The first kappa shape index (κ1) is 71.8. The number of halogens is 1. The van der Waals surface area contributed by atoms with Crippen LogP contribution in [-0.4, -0.2) is 177 Å². The maximum Gasteiger partial charge on any atom is 0.337 e. The van der Waals surface area contributed by atoms with E-state index in [0.29, 0.717) is 59.3 Å². The number of rotatable bonds is 15. The molecular formula is C70H97ClN6O12. The molecule has 0 saturated carbocycles. The van der Waals surface area contributed by atoms with Gasteiger partial charge >= 0.3 is 17.9 Å². The molecule has 4 unspecified atom stereocenters.